The molecular weight excluding hydrogens is 338 g/mol. The zero-order chi connectivity index (χ0) is 17.3. The highest BCUT2D eigenvalue weighted by molar-refractivity contribution is 5.85. The Balaban J connectivity index is 0.00000225. The average molecular weight is 372 g/mol. The van der Waals surface area contributed by atoms with Crippen LogP contribution in [0.15, 0.2) is 0 Å². The van der Waals surface area contributed by atoms with Gasteiger partial charge in [0.2, 0.25) is 11.8 Å². The molecule has 0 heterocycles. The Hall–Kier alpha value is -0.810. The molecule has 2 bridgehead atoms. The highest BCUT2D eigenvalue weighted by Crippen LogP contribution is 2.42. The van der Waals surface area contributed by atoms with Crippen molar-refractivity contribution in [1.82, 2.24) is 10.2 Å². The largest absolute Gasteiger partial charge is 0.353 e. The summed E-state index contributed by atoms with van der Waals surface area (Å²) >= 11 is 0. The van der Waals surface area contributed by atoms with E-state index in [2.05, 4.69) is 5.32 Å². The first-order chi connectivity index (χ1) is 11.5. The molecule has 0 saturated heterocycles. The lowest BCUT2D eigenvalue weighted by Gasteiger charge is -2.44. The number of amides is 2. The minimum atomic E-state index is 0. The molecule has 3 rings (SSSR count). The number of nitrogens with one attached hydrogen (secondary N) is 1. The lowest BCUT2D eigenvalue weighted by atomic mass is 9.65. The predicted octanol–water partition coefficient (Wildman–Crippen LogP) is 2.32. The van der Waals surface area contributed by atoms with Crippen LogP contribution >= 0.6 is 12.4 Å². The fourth-order valence-electron chi connectivity index (χ4n) is 5.23. The van der Waals surface area contributed by atoms with Crippen molar-refractivity contribution >= 4 is 24.2 Å². The Morgan fingerprint density at radius 2 is 1.52 bits per heavy atom. The van der Waals surface area contributed by atoms with Crippen molar-refractivity contribution in [3.63, 3.8) is 0 Å². The third-order valence-electron chi connectivity index (χ3n) is 6.59. The molecule has 3 fully saturated rings. The van der Waals surface area contributed by atoms with E-state index in [9.17, 15) is 9.59 Å². The Labute approximate surface area is 157 Å². The predicted molar refractivity (Wildman–Crippen MR) is 101 cm³/mol. The zero-order valence-corrected chi connectivity index (χ0v) is 16.4. The standard InChI is InChI=1S/C19H33N3O2.ClH/c1-22(2)19(24)14-7-4-8-16(11-14)21-18(23)15-9-12-5-3-6-13(10-15)17(12)20;/h12-17H,3-11,20H2,1-2H3,(H,21,23);1H. The normalized spacial score (nSPS) is 37.6. The van der Waals surface area contributed by atoms with Crippen LogP contribution in [0, 0.1) is 23.7 Å². The number of rotatable bonds is 3. The summed E-state index contributed by atoms with van der Waals surface area (Å²) < 4.78 is 0. The van der Waals surface area contributed by atoms with Crippen molar-refractivity contribution in [3.05, 3.63) is 0 Å². The van der Waals surface area contributed by atoms with E-state index in [0.29, 0.717) is 17.9 Å². The van der Waals surface area contributed by atoms with Crippen LogP contribution in [0.2, 0.25) is 0 Å². The highest BCUT2D eigenvalue weighted by atomic mass is 35.5. The molecule has 0 radical (unpaired) electrons. The molecule has 3 aliphatic rings. The van der Waals surface area contributed by atoms with Crippen LogP contribution in [0.1, 0.15) is 57.8 Å². The Bertz CT molecular complexity index is 471. The van der Waals surface area contributed by atoms with Gasteiger partial charge in [-0.25, -0.2) is 0 Å². The van der Waals surface area contributed by atoms with Gasteiger partial charge in [-0.2, -0.15) is 0 Å². The van der Waals surface area contributed by atoms with Gasteiger partial charge in [0.15, 0.2) is 0 Å². The molecule has 4 unspecified atom stereocenters. The van der Waals surface area contributed by atoms with Gasteiger partial charge in [0.25, 0.3) is 0 Å². The summed E-state index contributed by atoms with van der Waals surface area (Å²) in [4.78, 5) is 26.6. The van der Waals surface area contributed by atoms with Gasteiger partial charge in [-0.3, -0.25) is 9.59 Å². The van der Waals surface area contributed by atoms with E-state index < -0.39 is 0 Å². The summed E-state index contributed by atoms with van der Waals surface area (Å²) in [6.07, 6.45) is 9.32. The maximum atomic E-state index is 12.8. The molecule has 0 aliphatic heterocycles. The maximum Gasteiger partial charge on any atom is 0.225 e. The molecule has 5 nitrogen and oxygen atoms in total. The fraction of sp³-hybridized carbons (Fsp3) is 0.895. The summed E-state index contributed by atoms with van der Waals surface area (Å²) in [5, 5.41) is 3.27. The molecule has 3 N–H and O–H groups in total. The summed E-state index contributed by atoms with van der Waals surface area (Å²) in [5.41, 5.74) is 6.34. The topological polar surface area (TPSA) is 75.4 Å². The fourth-order valence-corrected chi connectivity index (χ4v) is 5.23. The van der Waals surface area contributed by atoms with Gasteiger partial charge in [0.05, 0.1) is 0 Å². The second-order valence-corrected chi connectivity index (χ2v) is 8.50. The van der Waals surface area contributed by atoms with E-state index in [1.165, 1.54) is 19.3 Å². The summed E-state index contributed by atoms with van der Waals surface area (Å²) in [7, 11) is 3.63. The van der Waals surface area contributed by atoms with E-state index in [1.807, 2.05) is 14.1 Å². The number of halogens is 1. The minimum absolute atomic E-state index is 0. The zero-order valence-electron chi connectivity index (χ0n) is 15.6. The molecule has 0 spiro atoms. The highest BCUT2D eigenvalue weighted by Gasteiger charge is 2.41. The third-order valence-corrected chi connectivity index (χ3v) is 6.59. The first kappa shape index (κ1) is 20.5. The van der Waals surface area contributed by atoms with Gasteiger partial charge in [-0.1, -0.05) is 12.8 Å². The average Bonchev–Trinajstić information content (AvgIpc) is 2.54. The number of hydrogen-bond donors (Lipinski definition) is 2. The number of carbonyl (C=O) groups is 2. The third kappa shape index (κ3) is 4.68. The van der Waals surface area contributed by atoms with Gasteiger partial charge < -0.3 is 16.0 Å². The van der Waals surface area contributed by atoms with Crippen LogP contribution in [0.5, 0.6) is 0 Å². The summed E-state index contributed by atoms with van der Waals surface area (Å²) in [6.45, 7) is 0. The lowest BCUT2D eigenvalue weighted by molar-refractivity contribution is -0.135. The molecule has 0 aromatic heterocycles. The van der Waals surface area contributed by atoms with Crippen LogP contribution in [-0.2, 0) is 9.59 Å². The number of nitrogens with two attached hydrogens (primary N) is 1. The molecular formula is C19H34ClN3O2. The van der Waals surface area contributed by atoms with Crippen molar-refractivity contribution in [2.75, 3.05) is 14.1 Å². The van der Waals surface area contributed by atoms with Crippen LogP contribution in [-0.4, -0.2) is 42.9 Å². The van der Waals surface area contributed by atoms with Crippen LogP contribution in [0.3, 0.4) is 0 Å². The number of fused-ring (bicyclic) bond motifs is 2. The quantitative estimate of drug-likeness (QED) is 0.799. The van der Waals surface area contributed by atoms with Crippen molar-refractivity contribution < 1.29 is 9.59 Å². The van der Waals surface area contributed by atoms with Gasteiger partial charge in [0.1, 0.15) is 0 Å². The van der Waals surface area contributed by atoms with Gasteiger partial charge in [-0.05, 0) is 56.8 Å². The summed E-state index contributed by atoms with van der Waals surface area (Å²) in [6, 6.07) is 0.468. The maximum absolute atomic E-state index is 12.8. The monoisotopic (exact) mass is 371 g/mol. The van der Waals surface area contributed by atoms with Crippen molar-refractivity contribution in [2.24, 2.45) is 29.4 Å². The molecule has 4 atom stereocenters. The summed E-state index contributed by atoms with van der Waals surface area (Å²) in [5.74, 6) is 1.67. The smallest absolute Gasteiger partial charge is 0.225 e. The van der Waals surface area contributed by atoms with E-state index in [0.717, 1.165) is 38.5 Å². The molecule has 144 valence electrons. The van der Waals surface area contributed by atoms with Crippen molar-refractivity contribution in [3.8, 4) is 0 Å². The molecule has 2 amide bonds. The number of hydrogen-bond acceptors (Lipinski definition) is 3. The molecule has 0 aromatic rings. The van der Waals surface area contributed by atoms with Crippen molar-refractivity contribution in [2.45, 2.75) is 69.9 Å². The van der Waals surface area contributed by atoms with Crippen LogP contribution in [0.25, 0.3) is 0 Å². The van der Waals surface area contributed by atoms with E-state index in [-0.39, 0.29) is 42.1 Å². The molecule has 3 aliphatic carbocycles. The lowest BCUT2D eigenvalue weighted by Crippen LogP contribution is -2.51. The molecule has 0 aromatic carbocycles. The minimum Gasteiger partial charge on any atom is -0.353 e. The molecule has 3 saturated carbocycles. The van der Waals surface area contributed by atoms with Gasteiger partial charge in [0, 0.05) is 38.0 Å². The SMILES string of the molecule is CN(C)C(=O)C1CCCC(NC(=O)C2CC3CCCC(C2)C3N)C1.Cl. The van der Waals surface area contributed by atoms with E-state index >= 15 is 0 Å². The van der Waals surface area contributed by atoms with E-state index in [1.54, 1.807) is 4.90 Å². The van der Waals surface area contributed by atoms with Gasteiger partial charge >= 0.3 is 0 Å². The second kappa shape index (κ2) is 8.72. The van der Waals surface area contributed by atoms with Crippen molar-refractivity contribution in [1.29, 1.82) is 0 Å². The number of carbonyl (C=O) groups excluding carboxylic acids is 2. The van der Waals surface area contributed by atoms with E-state index in [4.69, 9.17) is 5.73 Å². The second-order valence-electron chi connectivity index (χ2n) is 8.50. The number of nitrogens with zero attached hydrogens (tertiary/aromatic N) is 1. The molecule has 25 heavy (non-hydrogen) atoms. The van der Waals surface area contributed by atoms with Gasteiger partial charge in [-0.15, -0.1) is 12.4 Å². The Kier molecular flexibility index (Phi) is 7.15. The van der Waals surface area contributed by atoms with Crippen LogP contribution < -0.4 is 11.1 Å². The Morgan fingerprint density at radius 3 is 2.12 bits per heavy atom. The first-order valence-corrected chi connectivity index (χ1v) is 9.72. The molecule has 6 heteroatoms. The Morgan fingerprint density at radius 1 is 0.920 bits per heavy atom. The first-order valence-electron chi connectivity index (χ1n) is 9.72. The van der Waals surface area contributed by atoms with Crippen LogP contribution in [0.4, 0.5) is 0 Å².